The maximum Gasteiger partial charge on any atom is 0.270 e. The van der Waals surface area contributed by atoms with E-state index in [0.717, 1.165) is 42.4 Å². The summed E-state index contributed by atoms with van der Waals surface area (Å²) in [7, 11) is 0. The van der Waals surface area contributed by atoms with E-state index in [1.807, 2.05) is 11.4 Å². The number of nitrogens with zero attached hydrogens (tertiary/aromatic N) is 2. The van der Waals surface area contributed by atoms with E-state index in [1.54, 1.807) is 12.1 Å². The van der Waals surface area contributed by atoms with Gasteiger partial charge >= 0.3 is 0 Å². The number of non-ortho nitro benzene ring substituents is 1. The summed E-state index contributed by atoms with van der Waals surface area (Å²) in [6.45, 7) is 1.59. The van der Waals surface area contributed by atoms with Crippen LogP contribution in [0.1, 0.15) is 12.8 Å². The van der Waals surface area contributed by atoms with Gasteiger partial charge in [-0.05, 0) is 12.8 Å². The van der Waals surface area contributed by atoms with Crippen molar-refractivity contribution < 1.29 is 9.66 Å². The van der Waals surface area contributed by atoms with Crippen LogP contribution in [0.4, 0.5) is 10.8 Å². The lowest BCUT2D eigenvalue weighted by Crippen LogP contribution is -2.18. The van der Waals surface area contributed by atoms with Gasteiger partial charge in [-0.3, -0.25) is 10.1 Å². The third kappa shape index (κ3) is 3.37. The minimum atomic E-state index is -0.396. The largest absolute Gasteiger partial charge is 0.376 e. The van der Waals surface area contributed by atoms with Gasteiger partial charge < -0.3 is 10.1 Å². The van der Waals surface area contributed by atoms with Gasteiger partial charge in [-0.15, -0.1) is 11.3 Å². The number of rotatable bonds is 5. The van der Waals surface area contributed by atoms with Crippen molar-refractivity contribution in [3.8, 4) is 11.3 Å². The summed E-state index contributed by atoms with van der Waals surface area (Å²) in [6, 6.07) is 6.52. The van der Waals surface area contributed by atoms with Gasteiger partial charge in [-0.25, -0.2) is 4.98 Å². The Bertz CT molecular complexity index is 638. The average Bonchev–Trinajstić information content (AvgIpc) is 3.17. The van der Waals surface area contributed by atoms with E-state index in [-0.39, 0.29) is 11.8 Å². The van der Waals surface area contributed by atoms with E-state index in [4.69, 9.17) is 4.74 Å². The van der Waals surface area contributed by atoms with E-state index in [9.17, 15) is 10.1 Å². The molecule has 3 rings (SSSR count). The first-order valence-corrected chi connectivity index (χ1v) is 7.66. The smallest absolute Gasteiger partial charge is 0.270 e. The predicted molar refractivity (Wildman–Crippen MR) is 81.7 cm³/mol. The van der Waals surface area contributed by atoms with Crippen LogP contribution in [0.3, 0.4) is 0 Å². The second-order valence-corrected chi connectivity index (χ2v) is 5.72. The Morgan fingerprint density at radius 3 is 3.19 bits per heavy atom. The summed E-state index contributed by atoms with van der Waals surface area (Å²) in [5.41, 5.74) is 1.58. The fraction of sp³-hybridized carbons (Fsp3) is 0.357. The number of nitro groups is 1. The Labute approximate surface area is 125 Å². The van der Waals surface area contributed by atoms with Gasteiger partial charge in [-0.2, -0.15) is 0 Å². The summed E-state index contributed by atoms with van der Waals surface area (Å²) in [5, 5.41) is 16.8. The van der Waals surface area contributed by atoms with Crippen molar-refractivity contribution in [2.24, 2.45) is 0 Å². The van der Waals surface area contributed by atoms with E-state index < -0.39 is 4.92 Å². The van der Waals surface area contributed by atoms with Crippen LogP contribution < -0.4 is 5.32 Å². The van der Waals surface area contributed by atoms with Crippen LogP contribution in [0.15, 0.2) is 29.6 Å². The number of hydrogen-bond donors (Lipinski definition) is 1. The molecule has 0 aliphatic carbocycles. The topological polar surface area (TPSA) is 77.3 Å². The number of nitrogens with one attached hydrogen (secondary N) is 1. The number of aromatic nitrogens is 1. The van der Waals surface area contributed by atoms with Crippen molar-refractivity contribution in [1.29, 1.82) is 0 Å². The molecule has 1 fully saturated rings. The highest BCUT2D eigenvalue weighted by atomic mass is 32.1. The third-order valence-electron chi connectivity index (χ3n) is 3.36. The van der Waals surface area contributed by atoms with Crippen molar-refractivity contribution in [2.45, 2.75) is 18.9 Å². The lowest BCUT2D eigenvalue weighted by molar-refractivity contribution is -0.384. The average molecular weight is 305 g/mol. The SMILES string of the molecule is O=[N+]([O-])c1cccc(-c2csc(NC[C@H]3CCCO3)n2)c1. The molecule has 1 atom stereocenters. The molecule has 2 heterocycles. The molecule has 1 aromatic heterocycles. The molecule has 21 heavy (non-hydrogen) atoms. The predicted octanol–water partition coefficient (Wildman–Crippen LogP) is 3.31. The fourth-order valence-electron chi connectivity index (χ4n) is 2.27. The summed E-state index contributed by atoms with van der Waals surface area (Å²) in [4.78, 5) is 14.9. The number of thiazole rings is 1. The Morgan fingerprint density at radius 1 is 1.52 bits per heavy atom. The first-order chi connectivity index (χ1) is 10.2. The molecule has 7 heteroatoms. The second-order valence-electron chi connectivity index (χ2n) is 4.86. The van der Waals surface area contributed by atoms with E-state index in [1.165, 1.54) is 17.4 Å². The molecule has 0 amide bonds. The molecule has 0 saturated carbocycles. The zero-order valence-corrected chi connectivity index (χ0v) is 12.1. The monoisotopic (exact) mass is 305 g/mol. The Balaban J connectivity index is 1.69. The van der Waals surface area contributed by atoms with Crippen LogP contribution in [0.25, 0.3) is 11.3 Å². The van der Waals surface area contributed by atoms with Gasteiger partial charge in [0.15, 0.2) is 5.13 Å². The van der Waals surface area contributed by atoms with Gasteiger partial charge in [0.05, 0.1) is 16.7 Å². The molecule has 0 spiro atoms. The normalized spacial score (nSPS) is 17.8. The van der Waals surface area contributed by atoms with Gasteiger partial charge in [0.25, 0.3) is 5.69 Å². The van der Waals surface area contributed by atoms with Gasteiger partial charge in [0, 0.05) is 36.2 Å². The first kappa shape index (κ1) is 14.0. The van der Waals surface area contributed by atoms with Crippen LogP contribution in [0.5, 0.6) is 0 Å². The summed E-state index contributed by atoms with van der Waals surface area (Å²) in [6.07, 6.45) is 2.45. The Kier molecular flexibility index (Phi) is 4.12. The number of hydrogen-bond acceptors (Lipinski definition) is 6. The molecule has 0 bridgehead atoms. The molecule has 1 aliphatic rings. The summed E-state index contributed by atoms with van der Waals surface area (Å²) in [5.74, 6) is 0. The van der Waals surface area contributed by atoms with Crippen LogP contribution >= 0.6 is 11.3 Å². The van der Waals surface area contributed by atoms with Crippen molar-refractivity contribution in [1.82, 2.24) is 4.98 Å². The minimum absolute atomic E-state index is 0.0781. The highest BCUT2D eigenvalue weighted by Crippen LogP contribution is 2.27. The van der Waals surface area contributed by atoms with Gasteiger partial charge in [-0.1, -0.05) is 12.1 Å². The van der Waals surface area contributed by atoms with Crippen LogP contribution in [0, 0.1) is 10.1 Å². The van der Waals surface area contributed by atoms with Gasteiger partial charge in [0.2, 0.25) is 0 Å². The van der Waals surface area contributed by atoms with Crippen molar-refractivity contribution >= 4 is 22.2 Å². The zero-order valence-electron chi connectivity index (χ0n) is 11.3. The number of anilines is 1. The molecular formula is C14H15N3O3S. The molecule has 1 saturated heterocycles. The molecule has 2 aromatic rings. The molecule has 110 valence electrons. The van der Waals surface area contributed by atoms with Crippen molar-refractivity contribution in [3.05, 3.63) is 39.8 Å². The summed E-state index contributed by atoms with van der Waals surface area (Å²) >= 11 is 1.49. The number of benzene rings is 1. The molecule has 1 N–H and O–H groups in total. The van der Waals surface area contributed by atoms with E-state index in [0.29, 0.717) is 0 Å². The Morgan fingerprint density at radius 2 is 2.43 bits per heavy atom. The van der Waals surface area contributed by atoms with E-state index >= 15 is 0 Å². The van der Waals surface area contributed by atoms with Gasteiger partial charge in [0.1, 0.15) is 0 Å². The lowest BCUT2D eigenvalue weighted by atomic mass is 10.1. The molecule has 1 aliphatic heterocycles. The van der Waals surface area contributed by atoms with E-state index in [2.05, 4.69) is 10.3 Å². The van der Waals surface area contributed by atoms with Crippen LogP contribution in [0.2, 0.25) is 0 Å². The minimum Gasteiger partial charge on any atom is -0.376 e. The quantitative estimate of drug-likeness (QED) is 0.677. The fourth-order valence-corrected chi connectivity index (χ4v) is 3.00. The maximum atomic E-state index is 10.8. The third-order valence-corrected chi connectivity index (χ3v) is 4.16. The highest BCUT2D eigenvalue weighted by Gasteiger charge is 2.16. The molecule has 0 unspecified atom stereocenters. The first-order valence-electron chi connectivity index (χ1n) is 6.78. The number of ether oxygens (including phenoxy) is 1. The molecular weight excluding hydrogens is 290 g/mol. The molecule has 1 aromatic carbocycles. The summed E-state index contributed by atoms with van der Waals surface area (Å²) < 4.78 is 5.55. The van der Waals surface area contributed by atoms with Crippen molar-refractivity contribution in [3.63, 3.8) is 0 Å². The maximum absolute atomic E-state index is 10.8. The zero-order chi connectivity index (χ0) is 14.7. The highest BCUT2D eigenvalue weighted by molar-refractivity contribution is 7.14. The second kappa shape index (κ2) is 6.19. The van der Waals surface area contributed by atoms with Crippen LogP contribution in [-0.4, -0.2) is 29.2 Å². The van der Waals surface area contributed by atoms with Crippen LogP contribution in [-0.2, 0) is 4.74 Å². The van der Waals surface area contributed by atoms with Crippen molar-refractivity contribution in [2.75, 3.05) is 18.5 Å². The standard InChI is InChI=1S/C14H15N3O3S/c18-17(19)11-4-1-3-10(7-11)13-9-21-14(16-13)15-8-12-5-2-6-20-12/h1,3-4,7,9,12H,2,5-6,8H2,(H,15,16)/t12-/m1/s1. The Hall–Kier alpha value is -1.99. The molecule has 6 nitrogen and oxygen atoms in total. The molecule has 0 radical (unpaired) electrons. The lowest BCUT2D eigenvalue weighted by Gasteiger charge is -2.09. The number of nitro benzene ring substituents is 1.